The molecule has 21 heavy (non-hydrogen) atoms. The summed E-state index contributed by atoms with van der Waals surface area (Å²) in [4.78, 5) is 17.2. The maximum absolute atomic E-state index is 11.9. The fourth-order valence-electron chi connectivity index (χ4n) is 1.75. The molecule has 5 nitrogen and oxygen atoms in total. The third-order valence-corrected chi connectivity index (χ3v) is 4.28. The maximum Gasteiger partial charge on any atom is 0.249 e. The summed E-state index contributed by atoms with van der Waals surface area (Å²) in [6.45, 7) is 0.649. The lowest BCUT2D eigenvalue weighted by Gasteiger charge is -2.06. The minimum Gasteiger partial charge on any atom is -0.307 e. The van der Waals surface area contributed by atoms with E-state index in [0.29, 0.717) is 12.4 Å². The van der Waals surface area contributed by atoms with Gasteiger partial charge in [0.15, 0.2) is 0 Å². The molecular formula is C14H12N4OS2. The number of rotatable bonds is 5. The van der Waals surface area contributed by atoms with E-state index >= 15 is 0 Å². The monoisotopic (exact) mass is 316 g/mol. The van der Waals surface area contributed by atoms with Crippen LogP contribution >= 0.6 is 22.7 Å². The van der Waals surface area contributed by atoms with Gasteiger partial charge in [0.2, 0.25) is 5.91 Å². The quantitative estimate of drug-likeness (QED) is 0.736. The minimum atomic E-state index is -0.196. The average molecular weight is 316 g/mol. The van der Waals surface area contributed by atoms with E-state index in [1.54, 1.807) is 40.6 Å². The molecule has 0 fully saturated rings. The average Bonchev–Trinajstić information content (AvgIpc) is 3.20. The number of hydrogen-bond acceptors (Lipinski definition) is 5. The van der Waals surface area contributed by atoms with Crippen LogP contribution in [0.15, 0.2) is 47.4 Å². The molecule has 0 aliphatic heterocycles. The third-order valence-electron chi connectivity index (χ3n) is 2.68. The number of carbonyl (C=O) groups excluding carboxylic acids is 1. The van der Waals surface area contributed by atoms with Crippen molar-refractivity contribution >= 4 is 40.5 Å². The number of carbonyl (C=O) groups is 1. The van der Waals surface area contributed by atoms with Crippen molar-refractivity contribution in [1.29, 1.82) is 0 Å². The Labute approximate surface area is 129 Å². The molecule has 0 aromatic carbocycles. The molecule has 0 aliphatic carbocycles. The first-order valence-corrected chi connectivity index (χ1v) is 8.00. The normalized spacial score (nSPS) is 11.0. The van der Waals surface area contributed by atoms with E-state index in [4.69, 9.17) is 0 Å². The van der Waals surface area contributed by atoms with Gasteiger partial charge in [0, 0.05) is 28.6 Å². The zero-order valence-corrected chi connectivity index (χ0v) is 12.6. The summed E-state index contributed by atoms with van der Waals surface area (Å²) in [6, 6.07) is 5.82. The molecule has 1 N–H and O–H groups in total. The van der Waals surface area contributed by atoms with Gasteiger partial charge in [-0.25, -0.2) is 9.67 Å². The fraction of sp³-hybridized carbons (Fsp3) is 0.0714. The van der Waals surface area contributed by atoms with Crippen LogP contribution in [-0.4, -0.2) is 20.7 Å². The lowest BCUT2D eigenvalue weighted by molar-refractivity contribution is -0.111. The van der Waals surface area contributed by atoms with Gasteiger partial charge in [-0.05, 0) is 17.5 Å². The number of hydrogen-bond donors (Lipinski definition) is 1. The first-order chi connectivity index (χ1) is 10.3. The smallest absolute Gasteiger partial charge is 0.249 e. The molecule has 7 heteroatoms. The summed E-state index contributed by atoms with van der Waals surface area (Å²) in [5, 5.41) is 11.7. The lowest BCUT2D eigenvalue weighted by atomic mass is 10.4. The summed E-state index contributed by atoms with van der Waals surface area (Å²) >= 11 is 3.15. The van der Waals surface area contributed by atoms with Crippen molar-refractivity contribution < 1.29 is 4.79 Å². The molecule has 0 saturated heterocycles. The van der Waals surface area contributed by atoms with Crippen molar-refractivity contribution in [3.8, 4) is 0 Å². The number of anilines is 1. The number of amides is 1. The highest BCUT2D eigenvalue weighted by Gasteiger charge is 2.06. The van der Waals surface area contributed by atoms with Crippen LogP contribution in [0.2, 0.25) is 0 Å². The summed E-state index contributed by atoms with van der Waals surface area (Å²) in [5.74, 6) is 0.482. The van der Waals surface area contributed by atoms with Crippen molar-refractivity contribution in [3.05, 3.63) is 57.3 Å². The number of thiophene rings is 1. The SMILES string of the molecule is O=C(/C=C/c1nccs1)Nc1ccnn1Cc1cccs1. The number of nitrogens with one attached hydrogen (secondary N) is 1. The highest BCUT2D eigenvalue weighted by atomic mass is 32.1. The second kappa shape index (κ2) is 6.47. The van der Waals surface area contributed by atoms with Crippen LogP contribution in [0.3, 0.4) is 0 Å². The second-order valence-electron chi connectivity index (χ2n) is 4.15. The summed E-state index contributed by atoms with van der Waals surface area (Å²) in [7, 11) is 0. The Balaban J connectivity index is 1.65. The number of thiazole rings is 1. The van der Waals surface area contributed by atoms with E-state index in [1.165, 1.54) is 22.3 Å². The Hall–Kier alpha value is -2.25. The van der Waals surface area contributed by atoms with Crippen LogP contribution in [0, 0.1) is 0 Å². The van der Waals surface area contributed by atoms with Gasteiger partial charge in [0.1, 0.15) is 10.8 Å². The summed E-state index contributed by atoms with van der Waals surface area (Å²) in [6.07, 6.45) is 6.55. The molecule has 0 bridgehead atoms. The van der Waals surface area contributed by atoms with E-state index in [9.17, 15) is 4.79 Å². The molecule has 0 unspecified atom stereocenters. The lowest BCUT2D eigenvalue weighted by Crippen LogP contribution is -2.13. The van der Waals surface area contributed by atoms with Crippen LogP contribution in [-0.2, 0) is 11.3 Å². The van der Waals surface area contributed by atoms with Gasteiger partial charge in [-0.15, -0.1) is 22.7 Å². The van der Waals surface area contributed by atoms with E-state index < -0.39 is 0 Å². The first-order valence-electron chi connectivity index (χ1n) is 6.24. The molecule has 0 radical (unpaired) electrons. The fourth-order valence-corrected chi connectivity index (χ4v) is 2.96. The zero-order valence-electron chi connectivity index (χ0n) is 11.0. The van der Waals surface area contributed by atoms with Gasteiger partial charge in [-0.2, -0.15) is 5.10 Å². The Kier molecular flexibility index (Phi) is 4.23. The molecule has 3 rings (SSSR count). The van der Waals surface area contributed by atoms with Crippen LogP contribution in [0.25, 0.3) is 6.08 Å². The van der Waals surface area contributed by atoms with Gasteiger partial charge in [-0.1, -0.05) is 6.07 Å². The Bertz CT molecular complexity index is 729. The molecule has 0 saturated carbocycles. The number of aromatic nitrogens is 3. The summed E-state index contributed by atoms with van der Waals surface area (Å²) < 4.78 is 1.76. The van der Waals surface area contributed by atoms with Crippen molar-refractivity contribution in [2.75, 3.05) is 5.32 Å². The van der Waals surface area contributed by atoms with E-state index in [-0.39, 0.29) is 5.91 Å². The van der Waals surface area contributed by atoms with Crippen molar-refractivity contribution in [1.82, 2.24) is 14.8 Å². The molecule has 0 atom stereocenters. The molecule has 3 aromatic heterocycles. The van der Waals surface area contributed by atoms with Crippen molar-refractivity contribution in [2.24, 2.45) is 0 Å². The zero-order chi connectivity index (χ0) is 14.5. The van der Waals surface area contributed by atoms with Crippen LogP contribution in [0.5, 0.6) is 0 Å². The Morgan fingerprint density at radius 2 is 2.24 bits per heavy atom. The highest BCUT2D eigenvalue weighted by molar-refractivity contribution is 7.10. The van der Waals surface area contributed by atoms with Crippen LogP contribution < -0.4 is 5.32 Å². The second-order valence-corrected chi connectivity index (χ2v) is 6.10. The third kappa shape index (κ3) is 3.65. The van der Waals surface area contributed by atoms with Gasteiger partial charge in [0.25, 0.3) is 0 Å². The van der Waals surface area contributed by atoms with Gasteiger partial charge in [0.05, 0.1) is 12.7 Å². The Morgan fingerprint density at radius 1 is 1.29 bits per heavy atom. The Morgan fingerprint density at radius 3 is 3.00 bits per heavy atom. The molecule has 0 aliphatic rings. The molecule has 3 heterocycles. The molecule has 1 amide bonds. The summed E-state index contributed by atoms with van der Waals surface area (Å²) in [5.41, 5.74) is 0. The van der Waals surface area contributed by atoms with Crippen molar-refractivity contribution in [2.45, 2.75) is 6.54 Å². The molecule has 3 aromatic rings. The largest absolute Gasteiger partial charge is 0.307 e. The predicted molar refractivity (Wildman–Crippen MR) is 85.4 cm³/mol. The van der Waals surface area contributed by atoms with E-state index in [0.717, 1.165) is 5.01 Å². The van der Waals surface area contributed by atoms with Crippen molar-refractivity contribution in [3.63, 3.8) is 0 Å². The standard InChI is InChI=1S/C14H12N4OS2/c19-13(3-4-14-15-7-9-21-14)17-12-5-6-16-18(12)10-11-2-1-8-20-11/h1-9H,10H2,(H,17,19)/b4-3+. The molecular weight excluding hydrogens is 304 g/mol. The van der Waals surface area contributed by atoms with Gasteiger partial charge >= 0.3 is 0 Å². The molecule has 0 spiro atoms. The highest BCUT2D eigenvalue weighted by Crippen LogP contribution is 2.14. The number of nitrogens with zero attached hydrogens (tertiary/aromatic N) is 3. The molecule has 106 valence electrons. The van der Waals surface area contributed by atoms with E-state index in [1.807, 2.05) is 22.9 Å². The minimum absolute atomic E-state index is 0.196. The maximum atomic E-state index is 11.9. The first kappa shape index (κ1) is 13.7. The van der Waals surface area contributed by atoms with E-state index in [2.05, 4.69) is 15.4 Å². The van der Waals surface area contributed by atoms with Gasteiger partial charge in [-0.3, -0.25) is 4.79 Å². The van der Waals surface area contributed by atoms with Gasteiger partial charge < -0.3 is 5.32 Å². The van der Waals surface area contributed by atoms with Crippen LogP contribution in [0.4, 0.5) is 5.82 Å². The van der Waals surface area contributed by atoms with Crippen LogP contribution in [0.1, 0.15) is 9.88 Å². The predicted octanol–water partition coefficient (Wildman–Crippen LogP) is 3.10. The topological polar surface area (TPSA) is 59.8 Å².